The highest BCUT2D eigenvalue weighted by Gasteiger charge is 2.77. The van der Waals surface area contributed by atoms with Crippen molar-refractivity contribution < 1.29 is 19.5 Å². The molecule has 2 unspecified atom stereocenters. The van der Waals surface area contributed by atoms with Crippen LogP contribution in [0, 0.1) is 18.8 Å². The second-order valence-corrected chi connectivity index (χ2v) is 11.3. The van der Waals surface area contributed by atoms with E-state index in [-0.39, 0.29) is 24.3 Å². The van der Waals surface area contributed by atoms with Gasteiger partial charge in [-0.2, -0.15) is 0 Å². The van der Waals surface area contributed by atoms with Gasteiger partial charge in [0.2, 0.25) is 17.7 Å². The predicted octanol–water partition coefficient (Wildman–Crippen LogP) is 2.20. The summed E-state index contributed by atoms with van der Waals surface area (Å²) < 4.78 is -1.13. The lowest BCUT2D eigenvalue weighted by Gasteiger charge is -2.36. The molecule has 3 N–H and O–H groups in total. The molecule has 3 fully saturated rings. The second-order valence-electron chi connectivity index (χ2n) is 9.04. The van der Waals surface area contributed by atoms with Crippen LogP contribution in [0.1, 0.15) is 32.3 Å². The first-order valence-electron chi connectivity index (χ1n) is 10.5. The average Bonchev–Trinajstić information content (AvgIpc) is 3.30. The minimum atomic E-state index is -0.802. The Kier molecular flexibility index (Phi) is 5.55. The molecule has 0 radical (unpaired) electrons. The number of aliphatic hydroxyl groups excluding tert-OH is 1. The Hall–Kier alpha value is -1.77. The summed E-state index contributed by atoms with van der Waals surface area (Å²) in [5.74, 6) is -1.86. The number of amides is 3. The molecule has 3 aliphatic heterocycles. The Labute approximate surface area is 191 Å². The van der Waals surface area contributed by atoms with Crippen LogP contribution in [0.25, 0.3) is 0 Å². The molecule has 3 aliphatic rings. The van der Waals surface area contributed by atoms with Crippen LogP contribution in [0.3, 0.4) is 0 Å². The predicted molar refractivity (Wildman–Crippen MR) is 121 cm³/mol. The lowest BCUT2D eigenvalue weighted by Crippen LogP contribution is -2.54. The van der Waals surface area contributed by atoms with Crippen molar-refractivity contribution in [3.63, 3.8) is 0 Å². The number of hydrogen-bond donors (Lipinski definition) is 3. The number of benzene rings is 1. The first kappa shape index (κ1) is 22.4. The highest BCUT2D eigenvalue weighted by atomic mass is 35.5. The van der Waals surface area contributed by atoms with E-state index in [9.17, 15) is 19.5 Å². The fraction of sp³-hybridized carbons (Fsp3) is 0.591. The maximum atomic E-state index is 13.7. The molecule has 1 aromatic carbocycles. The van der Waals surface area contributed by atoms with Gasteiger partial charge in [0.05, 0.1) is 39.9 Å². The van der Waals surface area contributed by atoms with Crippen LogP contribution in [-0.4, -0.2) is 63.0 Å². The second kappa shape index (κ2) is 7.67. The molecule has 0 aliphatic carbocycles. The Balaban J connectivity index is 1.79. The number of thioether (sulfide) groups is 1. The van der Waals surface area contributed by atoms with E-state index < -0.39 is 33.4 Å². The first-order chi connectivity index (χ1) is 14.6. The molecule has 31 heavy (non-hydrogen) atoms. The number of carbonyl (C=O) groups is 3. The number of anilines is 1. The highest BCUT2D eigenvalue weighted by Crippen LogP contribution is 2.71. The van der Waals surface area contributed by atoms with Crippen LogP contribution in [-0.2, 0) is 14.4 Å². The van der Waals surface area contributed by atoms with Gasteiger partial charge in [-0.1, -0.05) is 23.7 Å². The molecule has 3 amide bonds. The normalized spacial score (nSPS) is 34.6. The Morgan fingerprint density at radius 2 is 2.06 bits per heavy atom. The van der Waals surface area contributed by atoms with Crippen molar-refractivity contribution in [3.05, 3.63) is 28.8 Å². The standard InChI is InChI=1S/C22H28ClN3O4S/c1-11-6-5-7-13(23)16(11)25-19(29)17-22-9-8-21(3,31-22)14(18(28)24-4)15(22)20(30)26(17)12(2)10-27/h5-7,12,14-15,17,27H,8-10H2,1-4H3,(H,24,28)(H,25,29)/t12-,14-,15+,17?,21+,22?/m1/s1. The summed E-state index contributed by atoms with van der Waals surface area (Å²) in [4.78, 5) is 41.7. The van der Waals surface area contributed by atoms with Crippen LogP contribution in [0.4, 0.5) is 5.69 Å². The Bertz CT molecular complexity index is 938. The van der Waals surface area contributed by atoms with E-state index in [4.69, 9.17) is 11.6 Å². The molecule has 1 aromatic rings. The van der Waals surface area contributed by atoms with Crippen LogP contribution in [0.2, 0.25) is 5.02 Å². The molecule has 4 rings (SSSR count). The van der Waals surface area contributed by atoms with Crippen molar-refractivity contribution in [1.82, 2.24) is 10.2 Å². The molecule has 7 nitrogen and oxygen atoms in total. The molecule has 9 heteroatoms. The van der Waals surface area contributed by atoms with Gasteiger partial charge < -0.3 is 20.6 Å². The third-order valence-corrected chi connectivity index (χ3v) is 9.50. The van der Waals surface area contributed by atoms with Gasteiger partial charge in [0.25, 0.3) is 0 Å². The van der Waals surface area contributed by atoms with Crippen molar-refractivity contribution in [2.45, 2.75) is 55.2 Å². The summed E-state index contributed by atoms with van der Waals surface area (Å²) in [7, 11) is 1.58. The number of aryl methyl sites for hydroxylation is 1. The lowest BCUT2D eigenvalue weighted by molar-refractivity contribution is -0.142. The van der Waals surface area contributed by atoms with Gasteiger partial charge in [-0.05, 0) is 45.2 Å². The number of rotatable bonds is 5. The van der Waals surface area contributed by atoms with E-state index in [1.54, 1.807) is 31.8 Å². The first-order valence-corrected chi connectivity index (χ1v) is 11.7. The fourth-order valence-electron chi connectivity index (χ4n) is 5.76. The van der Waals surface area contributed by atoms with Gasteiger partial charge in [0.1, 0.15) is 6.04 Å². The quantitative estimate of drug-likeness (QED) is 0.619. The Morgan fingerprint density at radius 1 is 1.35 bits per heavy atom. The minimum absolute atomic E-state index is 0.172. The van der Waals surface area contributed by atoms with Crippen molar-refractivity contribution in [3.8, 4) is 0 Å². The molecule has 6 atom stereocenters. The lowest BCUT2D eigenvalue weighted by atomic mass is 9.66. The van der Waals surface area contributed by atoms with E-state index in [2.05, 4.69) is 10.6 Å². The van der Waals surface area contributed by atoms with Gasteiger partial charge in [-0.15, -0.1) is 11.8 Å². The van der Waals surface area contributed by atoms with Crippen LogP contribution in [0.15, 0.2) is 18.2 Å². The third kappa shape index (κ3) is 3.09. The SMILES string of the molecule is CNC(=O)[C@H]1[C@H]2C(=O)N([C@H](C)CO)C(C(=O)Nc3c(C)cccc3Cl)C23CC[C@]1(C)S3. The molecule has 0 aromatic heterocycles. The van der Waals surface area contributed by atoms with Crippen LogP contribution >= 0.6 is 23.4 Å². The number of likely N-dealkylation sites (tertiary alicyclic amines) is 1. The van der Waals surface area contributed by atoms with Gasteiger partial charge in [0.15, 0.2) is 0 Å². The number of nitrogens with zero attached hydrogens (tertiary/aromatic N) is 1. The van der Waals surface area contributed by atoms with Gasteiger partial charge >= 0.3 is 0 Å². The van der Waals surface area contributed by atoms with Gasteiger partial charge in [0, 0.05) is 11.8 Å². The Morgan fingerprint density at radius 3 is 2.68 bits per heavy atom. The van der Waals surface area contributed by atoms with E-state index in [0.29, 0.717) is 17.1 Å². The number of hydrogen-bond acceptors (Lipinski definition) is 5. The number of fused-ring (bicyclic) bond motifs is 1. The van der Waals surface area contributed by atoms with E-state index in [1.165, 1.54) is 4.90 Å². The van der Waals surface area contributed by atoms with E-state index in [0.717, 1.165) is 12.0 Å². The summed E-state index contributed by atoms with van der Waals surface area (Å²) in [6.45, 7) is 5.33. The molecule has 168 valence electrons. The van der Waals surface area contributed by atoms with Gasteiger partial charge in [-0.3, -0.25) is 14.4 Å². The van der Waals surface area contributed by atoms with Crippen molar-refractivity contribution >= 4 is 46.8 Å². The van der Waals surface area contributed by atoms with E-state index in [1.807, 2.05) is 26.0 Å². The molecule has 2 bridgehead atoms. The van der Waals surface area contributed by atoms with Crippen LogP contribution < -0.4 is 10.6 Å². The fourth-order valence-corrected chi connectivity index (χ4v) is 8.38. The molecule has 3 saturated heterocycles. The maximum absolute atomic E-state index is 13.7. The number of nitrogens with one attached hydrogen (secondary N) is 2. The van der Waals surface area contributed by atoms with Crippen molar-refractivity contribution in [2.75, 3.05) is 19.0 Å². The smallest absolute Gasteiger partial charge is 0.248 e. The number of halogens is 1. The summed E-state index contributed by atoms with van der Waals surface area (Å²) in [5, 5.41) is 15.9. The summed E-state index contributed by atoms with van der Waals surface area (Å²) in [6, 6.07) is 4.02. The molecule has 3 heterocycles. The van der Waals surface area contributed by atoms with E-state index >= 15 is 0 Å². The van der Waals surface area contributed by atoms with Crippen molar-refractivity contribution in [2.24, 2.45) is 11.8 Å². The number of para-hydroxylation sites is 1. The highest BCUT2D eigenvalue weighted by molar-refractivity contribution is 8.02. The summed E-state index contributed by atoms with van der Waals surface area (Å²) in [5.41, 5.74) is 1.34. The molecular weight excluding hydrogens is 438 g/mol. The zero-order valence-corrected chi connectivity index (χ0v) is 19.6. The third-order valence-electron chi connectivity index (χ3n) is 7.20. The average molecular weight is 466 g/mol. The zero-order chi connectivity index (χ0) is 22.7. The van der Waals surface area contributed by atoms with Crippen LogP contribution in [0.5, 0.6) is 0 Å². The largest absolute Gasteiger partial charge is 0.394 e. The van der Waals surface area contributed by atoms with Crippen molar-refractivity contribution in [1.29, 1.82) is 0 Å². The summed E-state index contributed by atoms with van der Waals surface area (Å²) in [6.07, 6.45) is 1.40. The monoisotopic (exact) mass is 465 g/mol. The minimum Gasteiger partial charge on any atom is -0.394 e. The number of carbonyl (C=O) groups excluding carboxylic acids is 3. The maximum Gasteiger partial charge on any atom is 0.248 e. The molecule has 0 saturated carbocycles. The molecule has 1 spiro atoms. The number of aliphatic hydroxyl groups is 1. The van der Waals surface area contributed by atoms with Gasteiger partial charge in [-0.25, -0.2) is 0 Å². The topological polar surface area (TPSA) is 98.7 Å². The summed E-state index contributed by atoms with van der Waals surface area (Å²) >= 11 is 7.93. The molecular formula is C22H28ClN3O4S. The zero-order valence-electron chi connectivity index (χ0n) is 18.1.